The van der Waals surface area contributed by atoms with Crippen molar-refractivity contribution in [2.24, 2.45) is 0 Å². The number of aliphatic hydroxyl groups is 1. The normalized spacial score (nSPS) is 14.7. The molecule has 1 atom stereocenters. The first-order valence-corrected chi connectivity index (χ1v) is 6.80. The number of aromatic nitrogens is 1. The molecule has 2 aromatic rings. The average Bonchev–Trinajstić information content (AvgIpc) is 3.06. The number of hydrogen-bond donors (Lipinski definition) is 1. The number of rotatable bonds is 5. The molecule has 0 radical (unpaired) electrons. The molecule has 0 fully saturated rings. The first kappa shape index (κ1) is 13.9. The highest BCUT2D eigenvalue weighted by Gasteiger charge is 2.18. The van der Waals surface area contributed by atoms with E-state index in [1.807, 2.05) is 43.1 Å². The highest BCUT2D eigenvalue weighted by Crippen LogP contribution is 2.34. The molecule has 1 aromatic carbocycles. The Morgan fingerprint density at radius 3 is 2.86 bits per heavy atom. The molecule has 0 amide bonds. The molecule has 6 heteroatoms. The summed E-state index contributed by atoms with van der Waals surface area (Å²) in [6, 6.07) is 7.39. The summed E-state index contributed by atoms with van der Waals surface area (Å²) in [5.41, 5.74) is 1.66. The van der Waals surface area contributed by atoms with Gasteiger partial charge in [0.1, 0.15) is 5.76 Å². The number of hydrogen-bond acceptors (Lipinski definition) is 6. The van der Waals surface area contributed by atoms with Crippen molar-refractivity contribution in [2.45, 2.75) is 19.6 Å². The molecule has 0 aliphatic carbocycles. The lowest BCUT2D eigenvalue weighted by Crippen LogP contribution is -2.24. The molecular weight excluding hydrogens is 272 g/mol. The van der Waals surface area contributed by atoms with Gasteiger partial charge in [0, 0.05) is 19.2 Å². The van der Waals surface area contributed by atoms with Gasteiger partial charge >= 0.3 is 0 Å². The van der Waals surface area contributed by atoms with E-state index in [-0.39, 0.29) is 6.79 Å². The molecule has 112 valence electrons. The van der Waals surface area contributed by atoms with Crippen LogP contribution in [0.15, 0.2) is 28.8 Å². The van der Waals surface area contributed by atoms with Gasteiger partial charge in [-0.05, 0) is 31.7 Å². The summed E-state index contributed by atoms with van der Waals surface area (Å²) in [5.74, 6) is 2.19. The summed E-state index contributed by atoms with van der Waals surface area (Å²) in [6.07, 6.45) is -0.600. The minimum absolute atomic E-state index is 0.236. The fraction of sp³-hybridized carbons (Fsp3) is 0.400. The fourth-order valence-corrected chi connectivity index (χ4v) is 2.35. The van der Waals surface area contributed by atoms with E-state index in [1.165, 1.54) is 0 Å². The van der Waals surface area contributed by atoms with Crippen molar-refractivity contribution in [1.82, 2.24) is 10.1 Å². The molecule has 1 aromatic heterocycles. The Labute approximate surface area is 122 Å². The predicted octanol–water partition coefficient (Wildman–Crippen LogP) is 1.88. The van der Waals surface area contributed by atoms with Crippen molar-refractivity contribution in [3.63, 3.8) is 0 Å². The number of aliphatic hydroxyl groups excluding tert-OH is 1. The molecule has 3 rings (SSSR count). The van der Waals surface area contributed by atoms with Gasteiger partial charge < -0.3 is 19.1 Å². The molecule has 0 bridgehead atoms. The van der Waals surface area contributed by atoms with Crippen LogP contribution in [0.3, 0.4) is 0 Å². The third kappa shape index (κ3) is 3.17. The zero-order chi connectivity index (χ0) is 14.8. The Balaban J connectivity index is 1.61. The topological polar surface area (TPSA) is 68.0 Å². The van der Waals surface area contributed by atoms with Gasteiger partial charge in [-0.2, -0.15) is 0 Å². The van der Waals surface area contributed by atoms with E-state index in [0.29, 0.717) is 18.8 Å². The van der Waals surface area contributed by atoms with E-state index in [0.717, 1.165) is 22.8 Å². The van der Waals surface area contributed by atoms with Crippen molar-refractivity contribution < 1.29 is 19.1 Å². The van der Waals surface area contributed by atoms with Crippen molar-refractivity contribution in [2.75, 3.05) is 20.4 Å². The van der Waals surface area contributed by atoms with E-state index in [4.69, 9.17) is 14.0 Å². The van der Waals surface area contributed by atoms with E-state index in [1.54, 1.807) is 0 Å². The van der Waals surface area contributed by atoms with Crippen LogP contribution in [0.25, 0.3) is 0 Å². The fourth-order valence-electron chi connectivity index (χ4n) is 2.35. The molecule has 0 spiro atoms. The maximum Gasteiger partial charge on any atom is 0.231 e. The highest BCUT2D eigenvalue weighted by molar-refractivity contribution is 5.45. The summed E-state index contributed by atoms with van der Waals surface area (Å²) >= 11 is 0. The van der Waals surface area contributed by atoms with E-state index in [2.05, 4.69) is 5.16 Å². The van der Waals surface area contributed by atoms with Crippen LogP contribution in [0.1, 0.15) is 23.1 Å². The lowest BCUT2D eigenvalue weighted by atomic mass is 10.1. The predicted molar refractivity (Wildman–Crippen MR) is 75.1 cm³/mol. The molecule has 1 aliphatic heterocycles. The largest absolute Gasteiger partial charge is 0.454 e. The average molecular weight is 290 g/mol. The minimum atomic E-state index is -0.600. The molecule has 0 unspecified atom stereocenters. The first-order valence-electron chi connectivity index (χ1n) is 6.80. The first-order chi connectivity index (χ1) is 10.1. The molecule has 1 N–H and O–H groups in total. The van der Waals surface area contributed by atoms with Gasteiger partial charge in [0.05, 0.1) is 11.8 Å². The standard InChI is InChI=1S/C15H18N2O4/c1-10-5-12(16-21-10)7-17(2)8-13(18)11-3-4-14-15(6-11)20-9-19-14/h3-6,13,18H,7-9H2,1-2H3/t13-/m1/s1. The summed E-state index contributed by atoms with van der Waals surface area (Å²) < 4.78 is 15.6. The monoisotopic (exact) mass is 290 g/mol. The van der Waals surface area contributed by atoms with Crippen LogP contribution in [0.2, 0.25) is 0 Å². The van der Waals surface area contributed by atoms with Crippen molar-refractivity contribution >= 4 is 0 Å². The van der Waals surface area contributed by atoms with Gasteiger partial charge in [-0.25, -0.2) is 0 Å². The Morgan fingerprint density at radius 1 is 1.29 bits per heavy atom. The number of nitrogens with zero attached hydrogens (tertiary/aromatic N) is 2. The summed E-state index contributed by atoms with van der Waals surface area (Å²) in [4.78, 5) is 1.99. The Hall–Kier alpha value is -2.05. The number of aryl methyl sites for hydroxylation is 1. The summed E-state index contributed by atoms with van der Waals surface area (Å²) in [6.45, 7) is 3.21. The van der Waals surface area contributed by atoms with Crippen molar-refractivity contribution in [1.29, 1.82) is 0 Å². The highest BCUT2D eigenvalue weighted by atomic mass is 16.7. The lowest BCUT2D eigenvalue weighted by molar-refractivity contribution is 0.122. The van der Waals surface area contributed by atoms with Crippen LogP contribution in [-0.4, -0.2) is 35.5 Å². The molecule has 21 heavy (non-hydrogen) atoms. The Morgan fingerprint density at radius 2 is 2.10 bits per heavy atom. The molecule has 2 heterocycles. The number of benzene rings is 1. The lowest BCUT2D eigenvalue weighted by Gasteiger charge is -2.19. The van der Waals surface area contributed by atoms with E-state index in [9.17, 15) is 5.11 Å². The van der Waals surface area contributed by atoms with Gasteiger partial charge in [0.25, 0.3) is 0 Å². The van der Waals surface area contributed by atoms with Gasteiger partial charge in [-0.15, -0.1) is 0 Å². The smallest absolute Gasteiger partial charge is 0.231 e. The number of likely N-dealkylation sites (N-methyl/N-ethyl adjacent to an activating group) is 1. The zero-order valence-electron chi connectivity index (χ0n) is 12.1. The number of ether oxygens (including phenoxy) is 2. The molecule has 0 saturated heterocycles. The van der Waals surface area contributed by atoms with Crippen LogP contribution in [0.5, 0.6) is 11.5 Å². The van der Waals surface area contributed by atoms with Crippen molar-refractivity contribution in [3.8, 4) is 11.5 Å². The van der Waals surface area contributed by atoms with Crippen LogP contribution in [0.4, 0.5) is 0 Å². The maximum absolute atomic E-state index is 10.3. The van der Waals surface area contributed by atoms with E-state index < -0.39 is 6.10 Å². The minimum Gasteiger partial charge on any atom is -0.454 e. The second-order valence-corrected chi connectivity index (χ2v) is 5.25. The summed E-state index contributed by atoms with van der Waals surface area (Å²) in [5, 5.41) is 14.3. The quantitative estimate of drug-likeness (QED) is 0.907. The summed E-state index contributed by atoms with van der Waals surface area (Å²) in [7, 11) is 1.93. The Bertz CT molecular complexity index is 626. The van der Waals surface area contributed by atoms with Crippen LogP contribution in [-0.2, 0) is 6.54 Å². The van der Waals surface area contributed by atoms with Gasteiger partial charge in [-0.1, -0.05) is 11.2 Å². The molecule has 0 saturated carbocycles. The van der Waals surface area contributed by atoms with Crippen LogP contribution < -0.4 is 9.47 Å². The second-order valence-electron chi connectivity index (χ2n) is 5.25. The maximum atomic E-state index is 10.3. The SMILES string of the molecule is Cc1cc(CN(C)C[C@@H](O)c2ccc3c(c2)OCO3)no1. The van der Waals surface area contributed by atoms with Gasteiger partial charge in [-0.3, -0.25) is 4.90 Å². The van der Waals surface area contributed by atoms with Gasteiger partial charge in [0.15, 0.2) is 11.5 Å². The van der Waals surface area contributed by atoms with Crippen molar-refractivity contribution in [3.05, 3.63) is 41.3 Å². The third-order valence-corrected chi connectivity index (χ3v) is 3.37. The number of fused-ring (bicyclic) bond motifs is 1. The van der Waals surface area contributed by atoms with Gasteiger partial charge in [0.2, 0.25) is 6.79 Å². The molecular formula is C15H18N2O4. The van der Waals surface area contributed by atoms with Crippen LogP contribution in [0, 0.1) is 6.92 Å². The third-order valence-electron chi connectivity index (χ3n) is 3.37. The van der Waals surface area contributed by atoms with Crippen LogP contribution >= 0.6 is 0 Å². The van der Waals surface area contributed by atoms with E-state index >= 15 is 0 Å². The molecule has 1 aliphatic rings. The second kappa shape index (κ2) is 5.75. The zero-order valence-corrected chi connectivity index (χ0v) is 12.1. The Kier molecular flexibility index (Phi) is 3.81. The molecule has 6 nitrogen and oxygen atoms in total.